The molecule has 0 aliphatic carbocycles. The van der Waals surface area contributed by atoms with E-state index in [0.29, 0.717) is 19.4 Å². The number of hydrogen-bond donors (Lipinski definition) is 2. The number of aromatic amines is 1. The molecule has 1 amide bonds. The van der Waals surface area contributed by atoms with Crippen molar-refractivity contribution in [1.29, 1.82) is 0 Å². The second-order valence-electron chi connectivity index (χ2n) is 6.93. The smallest absolute Gasteiger partial charge is 0.410 e. The predicted octanol–water partition coefficient (Wildman–Crippen LogP) is 3.54. The van der Waals surface area contributed by atoms with E-state index in [1.54, 1.807) is 4.90 Å². The summed E-state index contributed by atoms with van der Waals surface area (Å²) in [4.78, 5) is 28.6. The summed E-state index contributed by atoms with van der Waals surface area (Å²) >= 11 is 0. The minimum atomic E-state index is -0.395. The van der Waals surface area contributed by atoms with Gasteiger partial charge < -0.3 is 19.9 Å². The first-order valence-corrected chi connectivity index (χ1v) is 9.15. The maximum absolute atomic E-state index is 12.6. The molecule has 1 fully saturated rings. The average Bonchev–Trinajstić information content (AvgIpc) is 3.32. The van der Waals surface area contributed by atoms with Crippen molar-refractivity contribution in [3.8, 4) is 0 Å². The molecule has 0 radical (unpaired) electrons. The molecule has 140 valence electrons. The Morgan fingerprint density at radius 2 is 2.15 bits per heavy atom. The van der Waals surface area contributed by atoms with Crippen molar-refractivity contribution in [3.05, 3.63) is 64.2 Å². The molecule has 7 heteroatoms. The summed E-state index contributed by atoms with van der Waals surface area (Å²) in [7, 11) is 0. The minimum Gasteiger partial charge on any atom is -0.445 e. The molecule has 0 saturated carbocycles. The first-order valence-electron chi connectivity index (χ1n) is 9.15. The van der Waals surface area contributed by atoms with Gasteiger partial charge in [-0.1, -0.05) is 47.7 Å². The first kappa shape index (κ1) is 17.3. The van der Waals surface area contributed by atoms with Gasteiger partial charge in [0.2, 0.25) is 0 Å². The van der Waals surface area contributed by atoms with E-state index >= 15 is 0 Å². The van der Waals surface area contributed by atoms with Gasteiger partial charge in [-0.05, 0) is 24.0 Å². The van der Waals surface area contributed by atoms with Crippen molar-refractivity contribution in [2.45, 2.75) is 31.5 Å². The molecule has 2 aliphatic heterocycles. The van der Waals surface area contributed by atoms with Crippen molar-refractivity contribution in [1.82, 2.24) is 9.88 Å². The maximum Gasteiger partial charge on any atom is 0.410 e. The Hall–Kier alpha value is -3.09. The second kappa shape index (κ2) is 7.65. The summed E-state index contributed by atoms with van der Waals surface area (Å²) in [6.07, 6.45) is 6.93. The third-order valence-corrected chi connectivity index (χ3v) is 5.12. The van der Waals surface area contributed by atoms with E-state index in [4.69, 9.17) is 4.74 Å². The maximum atomic E-state index is 12.6. The van der Waals surface area contributed by atoms with Gasteiger partial charge in [0, 0.05) is 24.3 Å². The van der Waals surface area contributed by atoms with E-state index in [-0.39, 0.29) is 18.7 Å². The Labute approximate surface area is 157 Å². The summed E-state index contributed by atoms with van der Waals surface area (Å²) in [5.74, 6) is 0.994. The number of nitrogens with zero attached hydrogens (tertiary/aromatic N) is 2. The first-order chi connectivity index (χ1) is 13.2. The fourth-order valence-corrected chi connectivity index (χ4v) is 3.76. The van der Waals surface area contributed by atoms with Crippen LogP contribution < -0.4 is 5.32 Å². The number of benzene rings is 1. The largest absolute Gasteiger partial charge is 0.445 e. The van der Waals surface area contributed by atoms with E-state index in [2.05, 4.69) is 27.6 Å². The third-order valence-electron chi connectivity index (χ3n) is 5.12. The summed E-state index contributed by atoms with van der Waals surface area (Å²) < 4.78 is 5.48. The van der Waals surface area contributed by atoms with E-state index < -0.39 is 6.09 Å². The van der Waals surface area contributed by atoms with Gasteiger partial charge in [-0.2, -0.15) is 4.91 Å². The van der Waals surface area contributed by atoms with Gasteiger partial charge in [-0.25, -0.2) is 4.79 Å². The standard InChI is InChI=1S/C20H22N4O3/c25-20(27-13-14-5-2-1-3-6-14)24-12-16(23-26)10-17(24)9-15-11-22-19-18(15)7-4-8-21-19/h1-7,11,16-17,21-22H,8-10,12-13H2/t16-,17-/m1/s1. The van der Waals surface area contributed by atoms with Crippen LogP contribution in [-0.4, -0.2) is 41.2 Å². The molecule has 7 nitrogen and oxygen atoms in total. The summed E-state index contributed by atoms with van der Waals surface area (Å²) in [6, 6.07) is 9.07. The van der Waals surface area contributed by atoms with Gasteiger partial charge in [0.15, 0.2) is 0 Å². The van der Waals surface area contributed by atoms with E-state index in [0.717, 1.165) is 29.1 Å². The van der Waals surface area contributed by atoms with Crippen LogP contribution in [0.5, 0.6) is 0 Å². The molecule has 2 atom stereocenters. The zero-order chi connectivity index (χ0) is 18.6. The molecule has 1 saturated heterocycles. The average molecular weight is 366 g/mol. The number of rotatable bonds is 5. The van der Waals surface area contributed by atoms with Gasteiger partial charge in [-0.15, -0.1) is 0 Å². The van der Waals surface area contributed by atoms with Gasteiger partial charge in [0.05, 0.1) is 6.54 Å². The Morgan fingerprint density at radius 1 is 1.30 bits per heavy atom. The third kappa shape index (κ3) is 3.72. The molecular weight excluding hydrogens is 344 g/mol. The quantitative estimate of drug-likeness (QED) is 0.793. The number of nitrogens with one attached hydrogen (secondary N) is 2. The Balaban J connectivity index is 1.45. The number of likely N-dealkylation sites (tertiary alicyclic amines) is 1. The van der Waals surface area contributed by atoms with Gasteiger partial charge in [0.1, 0.15) is 18.5 Å². The number of nitroso groups, excluding NO2 is 1. The number of ether oxygens (including phenoxy) is 1. The summed E-state index contributed by atoms with van der Waals surface area (Å²) in [6.45, 7) is 1.32. The fraction of sp³-hybridized carbons (Fsp3) is 0.350. The van der Waals surface area contributed by atoms with Gasteiger partial charge in [0.25, 0.3) is 0 Å². The number of fused-ring (bicyclic) bond motifs is 1. The van der Waals surface area contributed by atoms with Crippen LogP contribution in [0.1, 0.15) is 23.1 Å². The van der Waals surface area contributed by atoms with Crippen LogP contribution in [0.25, 0.3) is 6.08 Å². The highest BCUT2D eigenvalue weighted by atomic mass is 16.6. The number of aromatic nitrogens is 1. The topological polar surface area (TPSA) is 86.8 Å². The molecular formula is C20H22N4O3. The molecule has 2 aliphatic rings. The van der Waals surface area contributed by atoms with E-state index in [1.807, 2.05) is 36.5 Å². The zero-order valence-electron chi connectivity index (χ0n) is 14.9. The van der Waals surface area contributed by atoms with Crippen LogP contribution in [0.2, 0.25) is 0 Å². The molecule has 3 heterocycles. The zero-order valence-corrected chi connectivity index (χ0v) is 14.9. The van der Waals surface area contributed by atoms with Crippen molar-refractivity contribution < 1.29 is 9.53 Å². The molecule has 0 spiro atoms. The normalized spacial score (nSPS) is 20.8. The molecule has 0 bridgehead atoms. The van der Waals surface area contributed by atoms with Crippen LogP contribution in [0, 0.1) is 4.91 Å². The minimum absolute atomic E-state index is 0.105. The summed E-state index contributed by atoms with van der Waals surface area (Å²) in [5, 5.41) is 6.46. The number of hydrogen-bond acceptors (Lipinski definition) is 5. The highest BCUT2D eigenvalue weighted by molar-refractivity contribution is 5.71. The molecule has 1 aromatic carbocycles. The number of carbonyl (C=O) groups excluding carboxylic acids is 1. The highest BCUT2D eigenvalue weighted by Crippen LogP contribution is 2.29. The van der Waals surface area contributed by atoms with Crippen LogP contribution >= 0.6 is 0 Å². The van der Waals surface area contributed by atoms with Crippen LogP contribution in [0.3, 0.4) is 0 Å². The molecule has 2 aromatic rings. The van der Waals surface area contributed by atoms with Crippen molar-refractivity contribution in [3.63, 3.8) is 0 Å². The monoisotopic (exact) mass is 366 g/mol. The Morgan fingerprint density at radius 3 is 2.96 bits per heavy atom. The second-order valence-corrected chi connectivity index (χ2v) is 6.93. The Kier molecular flexibility index (Phi) is 4.91. The SMILES string of the molecule is O=N[C@@H]1C[C@@H](Cc2c[nH]c3c2C=CCN3)N(C(=O)OCc2ccccc2)C1. The van der Waals surface area contributed by atoms with Crippen LogP contribution in [-0.2, 0) is 17.8 Å². The number of carbonyl (C=O) groups is 1. The lowest BCUT2D eigenvalue weighted by molar-refractivity contribution is 0.0918. The molecule has 0 unspecified atom stereocenters. The molecule has 27 heavy (non-hydrogen) atoms. The predicted molar refractivity (Wildman–Crippen MR) is 103 cm³/mol. The van der Waals surface area contributed by atoms with Crippen molar-refractivity contribution in [2.75, 3.05) is 18.4 Å². The number of anilines is 1. The number of H-pyrrole nitrogens is 1. The van der Waals surface area contributed by atoms with Crippen LogP contribution in [0.4, 0.5) is 10.6 Å². The Bertz CT molecular complexity index is 846. The van der Waals surface area contributed by atoms with E-state index in [9.17, 15) is 9.70 Å². The van der Waals surface area contributed by atoms with Gasteiger partial charge in [-0.3, -0.25) is 0 Å². The van der Waals surface area contributed by atoms with Crippen molar-refractivity contribution >= 4 is 18.0 Å². The van der Waals surface area contributed by atoms with E-state index in [1.165, 1.54) is 0 Å². The fourth-order valence-electron chi connectivity index (χ4n) is 3.76. The lowest BCUT2D eigenvalue weighted by Gasteiger charge is -2.24. The molecule has 1 aromatic heterocycles. The van der Waals surface area contributed by atoms with Crippen molar-refractivity contribution in [2.24, 2.45) is 5.18 Å². The highest BCUT2D eigenvalue weighted by Gasteiger charge is 2.37. The summed E-state index contributed by atoms with van der Waals surface area (Å²) in [5.41, 5.74) is 3.16. The number of amides is 1. The lowest BCUT2D eigenvalue weighted by Crippen LogP contribution is -2.37. The molecule has 2 N–H and O–H groups in total. The molecule has 4 rings (SSSR count). The van der Waals surface area contributed by atoms with Crippen LogP contribution in [0.15, 0.2) is 47.8 Å². The van der Waals surface area contributed by atoms with Gasteiger partial charge >= 0.3 is 6.09 Å². The lowest BCUT2D eigenvalue weighted by atomic mass is 10.0.